The van der Waals surface area contributed by atoms with E-state index in [9.17, 15) is 4.79 Å². The number of nitrogen functional groups attached to an aromatic ring is 1. The van der Waals surface area contributed by atoms with Crippen LogP contribution in [0.25, 0.3) is 11.1 Å². The lowest BCUT2D eigenvalue weighted by molar-refractivity contribution is 0.100. The summed E-state index contributed by atoms with van der Waals surface area (Å²) in [5, 5.41) is 0. The molecule has 0 aliphatic rings. The fourth-order valence-corrected chi connectivity index (χ4v) is 1.60. The fourth-order valence-electron chi connectivity index (χ4n) is 1.60. The van der Waals surface area contributed by atoms with Crippen molar-refractivity contribution < 1.29 is 4.79 Å². The Morgan fingerprint density at radius 3 is 2.25 bits per heavy atom. The predicted octanol–water partition coefficient (Wildman–Crippen LogP) is 2.03. The lowest BCUT2D eigenvalue weighted by atomic mass is 10.0. The second-order valence-corrected chi connectivity index (χ2v) is 3.53. The van der Waals surface area contributed by atoms with Gasteiger partial charge < -0.3 is 11.5 Å². The predicted molar refractivity (Wildman–Crippen MR) is 64.8 cm³/mol. The quantitative estimate of drug-likeness (QED) is 0.748. The summed E-state index contributed by atoms with van der Waals surface area (Å²) in [5.41, 5.74) is 14.0. The summed E-state index contributed by atoms with van der Waals surface area (Å²) in [4.78, 5) is 11.0. The standard InChI is InChI=1S/C13H12N2O/c14-12-8-10(13(15)16)6-7-11(12)9-4-2-1-3-5-9/h1-8H,14H2,(H2,15,16). The smallest absolute Gasteiger partial charge is 0.248 e. The molecule has 0 saturated carbocycles. The van der Waals surface area contributed by atoms with Gasteiger partial charge in [0.2, 0.25) is 5.91 Å². The Balaban J connectivity index is 2.48. The van der Waals surface area contributed by atoms with E-state index in [-0.39, 0.29) is 0 Å². The first-order valence-electron chi connectivity index (χ1n) is 4.93. The van der Waals surface area contributed by atoms with Crippen molar-refractivity contribution in [3.05, 3.63) is 54.1 Å². The minimum Gasteiger partial charge on any atom is -0.398 e. The molecule has 0 spiro atoms. The molecule has 0 bridgehead atoms. The van der Waals surface area contributed by atoms with Crippen LogP contribution in [0.2, 0.25) is 0 Å². The van der Waals surface area contributed by atoms with E-state index in [4.69, 9.17) is 11.5 Å². The monoisotopic (exact) mass is 212 g/mol. The number of amides is 1. The number of hydrogen-bond donors (Lipinski definition) is 2. The molecule has 80 valence electrons. The maximum atomic E-state index is 11.0. The molecular formula is C13H12N2O. The summed E-state index contributed by atoms with van der Waals surface area (Å²) < 4.78 is 0. The van der Waals surface area contributed by atoms with Gasteiger partial charge in [0, 0.05) is 16.8 Å². The van der Waals surface area contributed by atoms with Crippen LogP contribution in [0.15, 0.2) is 48.5 Å². The number of carbonyl (C=O) groups excluding carboxylic acids is 1. The van der Waals surface area contributed by atoms with Crippen molar-refractivity contribution >= 4 is 11.6 Å². The Labute approximate surface area is 93.7 Å². The first kappa shape index (κ1) is 10.2. The number of benzene rings is 2. The molecule has 3 heteroatoms. The third kappa shape index (κ3) is 1.88. The summed E-state index contributed by atoms with van der Waals surface area (Å²) in [6.07, 6.45) is 0. The second kappa shape index (κ2) is 4.06. The van der Waals surface area contributed by atoms with Gasteiger partial charge in [0.25, 0.3) is 0 Å². The molecule has 3 nitrogen and oxygen atoms in total. The van der Waals surface area contributed by atoms with E-state index in [1.54, 1.807) is 12.1 Å². The molecule has 0 atom stereocenters. The SMILES string of the molecule is NC(=O)c1ccc(-c2ccccc2)c(N)c1. The third-order valence-electron chi connectivity index (χ3n) is 2.42. The lowest BCUT2D eigenvalue weighted by Crippen LogP contribution is -2.11. The second-order valence-electron chi connectivity index (χ2n) is 3.53. The number of anilines is 1. The maximum absolute atomic E-state index is 11.0. The van der Waals surface area contributed by atoms with Crippen molar-refractivity contribution in [2.75, 3.05) is 5.73 Å². The normalized spacial score (nSPS) is 10.0. The highest BCUT2D eigenvalue weighted by Crippen LogP contribution is 2.26. The van der Waals surface area contributed by atoms with Gasteiger partial charge in [-0.15, -0.1) is 0 Å². The van der Waals surface area contributed by atoms with Gasteiger partial charge in [-0.25, -0.2) is 0 Å². The van der Waals surface area contributed by atoms with Gasteiger partial charge in [-0.3, -0.25) is 4.79 Å². The van der Waals surface area contributed by atoms with Crippen molar-refractivity contribution in [3.8, 4) is 11.1 Å². The van der Waals surface area contributed by atoms with Crippen molar-refractivity contribution in [1.82, 2.24) is 0 Å². The average molecular weight is 212 g/mol. The highest BCUT2D eigenvalue weighted by molar-refractivity contribution is 5.95. The van der Waals surface area contributed by atoms with Gasteiger partial charge >= 0.3 is 0 Å². The minimum absolute atomic E-state index is 0.428. The molecule has 4 N–H and O–H groups in total. The van der Waals surface area contributed by atoms with E-state index in [1.807, 2.05) is 36.4 Å². The summed E-state index contributed by atoms with van der Waals surface area (Å²) >= 11 is 0. The van der Waals surface area contributed by atoms with Gasteiger partial charge in [-0.2, -0.15) is 0 Å². The van der Waals surface area contributed by atoms with E-state index < -0.39 is 5.91 Å². The third-order valence-corrected chi connectivity index (χ3v) is 2.42. The number of nitrogens with two attached hydrogens (primary N) is 2. The van der Waals surface area contributed by atoms with Crippen molar-refractivity contribution in [1.29, 1.82) is 0 Å². The van der Waals surface area contributed by atoms with Gasteiger partial charge in [0.05, 0.1) is 0 Å². The highest BCUT2D eigenvalue weighted by atomic mass is 16.1. The van der Waals surface area contributed by atoms with Gasteiger partial charge in [0.15, 0.2) is 0 Å². The zero-order valence-electron chi connectivity index (χ0n) is 8.68. The summed E-state index contributed by atoms with van der Waals surface area (Å²) in [7, 11) is 0. The molecule has 0 unspecified atom stereocenters. The fraction of sp³-hybridized carbons (Fsp3) is 0. The molecule has 16 heavy (non-hydrogen) atoms. The number of primary amides is 1. The highest BCUT2D eigenvalue weighted by Gasteiger charge is 2.05. The van der Waals surface area contributed by atoms with Crippen molar-refractivity contribution in [2.45, 2.75) is 0 Å². The van der Waals surface area contributed by atoms with E-state index >= 15 is 0 Å². The number of carbonyl (C=O) groups is 1. The molecule has 2 aromatic carbocycles. The van der Waals surface area contributed by atoms with Crippen LogP contribution in [-0.4, -0.2) is 5.91 Å². The van der Waals surface area contributed by atoms with Crippen molar-refractivity contribution in [3.63, 3.8) is 0 Å². The lowest BCUT2D eigenvalue weighted by Gasteiger charge is -2.06. The largest absolute Gasteiger partial charge is 0.398 e. The molecule has 0 saturated heterocycles. The maximum Gasteiger partial charge on any atom is 0.248 e. The van der Waals surface area contributed by atoms with E-state index in [0.717, 1.165) is 11.1 Å². The Morgan fingerprint density at radius 2 is 1.69 bits per heavy atom. The first-order chi connectivity index (χ1) is 7.68. The Bertz CT molecular complexity index is 521. The van der Waals surface area contributed by atoms with Crippen LogP contribution >= 0.6 is 0 Å². The zero-order valence-corrected chi connectivity index (χ0v) is 8.68. The van der Waals surface area contributed by atoms with Crippen LogP contribution in [0.5, 0.6) is 0 Å². The first-order valence-corrected chi connectivity index (χ1v) is 4.93. The zero-order chi connectivity index (χ0) is 11.5. The Morgan fingerprint density at radius 1 is 1.00 bits per heavy atom. The average Bonchev–Trinajstić information content (AvgIpc) is 2.30. The molecular weight excluding hydrogens is 200 g/mol. The Hall–Kier alpha value is -2.29. The summed E-state index contributed by atoms with van der Waals surface area (Å²) in [6.45, 7) is 0. The van der Waals surface area contributed by atoms with E-state index in [2.05, 4.69) is 0 Å². The van der Waals surface area contributed by atoms with Gasteiger partial charge in [-0.1, -0.05) is 36.4 Å². The molecule has 1 amide bonds. The van der Waals surface area contributed by atoms with Gasteiger partial charge in [-0.05, 0) is 17.7 Å². The van der Waals surface area contributed by atoms with Crippen molar-refractivity contribution in [2.24, 2.45) is 5.73 Å². The van der Waals surface area contributed by atoms with Crippen LogP contribution in [-0.2, 0) is 0 Å². The molecule has 2 aromatic rings. The molecule has 0 radical (unpaired) electrons. The minimum atomic E-state index is -0.466. The molecule has 0 fully saturated rings. The van der Waals surface area contributed by atoms with E-state index in [1.165, 1.54) is 0 Å². The van der Waals surface area contributed by atoms with Crippen LogP contribution in [0.3, 0.4) is 0 Å². The summed E-state index contributed by atoms with van der Waals surface area (Å²) in [6, 6.07) is 14.9. The molecule has 0 aromatic heterocycles. The van der Waals surface area contributed by atoms with Crippen LogP contribution < -0.4 is 11.5 Å². The van der Waals surface area contributed by atoms with E-state index in [0.29, 0.717) is 11.3 Å². The molecule has 0 heterocycles. The van der Waals surface area contributed by atoms with Crippen LogP contribution in [0.4, 0.5) is 5.69 Å². The number of hydrogen-bond acceptors (Lipinski definition) is 2. The Kier molecular flexibility index (Phi) is 2.60. The molecule has 0 aliphatic heterocycles. The van der Waals surface area contributed by atoms with Crippen LogP contribution in [0, 0.1) is 0 Å². The van der Waals surface area contributed by atoms with Crippen LogP contribution in [0.1, 0.15) is 10.4 Å². The molecule has 2 rings (SSSR count). The van der Waals surface area contributed by atoms with Gasteiger partial charge in [0.1, 0.15) is 0 Å². The molecule has 0 aliphatic carbocycles. The topological polar surface area (TPSA) is 69.1 Å². The summed E-state index contributed by atoms with van der Waals surface area (Å²) in [5.74, 6) is -0.466. The number of rotatable bonds is 2.